The van der Waals surface area contributed by atoms with E-state index in [4.69, 9.17) is 18.9 Å². The number of carbonyl (C=O) groups excluding carboxylic acids is 6. The quantitative estimate of drug-likeness (QED) is 0.0944. The molecule has 24 heteroatoms. The Labute approximate surface area is 481 Å². The molecule has 0 atom stereocenters. The van der Waals surface area contributed by atoms with Crippen molar-refractivity contribution in [3.8, 4) is 40.2 Å². The molecule has 6 aromatic carbocycles. The van der Waals surface area contributed by atoms with Gasteiger partial charge in [0.05, 0.1) is 40.5 Å². The topological polar surface area (TPSA) is 175 Å². The van der Waals surface area contributed by atoms with Gasteiger partial charge in [0.1, 0.15) is 40.4 Å². The summed E-state index contributed by atoms with van der Waals surface area (Å²) in [5.74, 6) is -4.25. The number of allylic oxidation sites excluding steroid dienone is 9. The predicted octanol–water partition coefficient (Wildman–Crippen LogP) is 14.5. The molecular weight excluding hydrogens is 1160 g/mol. The maximum atomic E-state index is 13.4. The van der Waals surface area contributed by atoms with Gasteiger partial charge in [-0.3, -0.25) is 28.8 Å². The monoisotopic (exact) mass is 1200 g/mol. The number of nitrogens with one attached hydrogen (secondary N) is 3. The Morgan fingerprint density at radius 3 is 1.13 bits per heavy atom. The molecule has 0 aliphatic heterocycles. The molecule has 0 saturated heterocycles. The van der Waals surface area contributed by atoms with Gasteiger partial charge in [-0.1, -0.05) is 36.4 Å². The zero-order chi connectivity index (χ0) is 62.5. The first-order valence-corrected chi connectivity index (χ1v) is 25.1. The highest BCUT2D eigenvalue weighted by molar-refractivity contribution is 6.02. The van der Waals surface area contributed by atoms with Crippen LogP contribution in [0.1, 0.15) is 72.6 Å². The Kier molecular flexibility index (Phi) is 20.1. The summed E-state index contributed by atoms with van der Waals surface area (Å²) in [7, 11) is 1.26. The zero-order valence-corrected chi connectivity index (χ0v) is 44.6. The van der Waals surface area contributed by atoms with E-state index in [1.807, 2.05) is 0 Å². The number of alkyl halides is 9. The van der Waals surface area contributed by atoms with Gasteiger partial charge >= 0.3 is 18.5 Å². The number of methoxy groups -OCH3 is 1. The van der Waals surface area contributed by atoms with E-state index in [9.17, 15) is 77.1 Å². The van der Waals surface area contributed by atoms with Gasteiger partial charge in [0.25, 0.3) is 17.7 Å². The van der Waals surface area contributed by atoms with Crippen molar-refractivity contribution in [1.29, 1.82) is 0 Å². The van der Waals surface area contributed by atoms with Crippen LogP contribution in [0, 0.1) is 18.6 Å². The fraction of sp³-hybridized carbons (Fsp3) is 0.129. The number of hydrogen-bond donors (Lipinski definition) is 3. The number of carbonyl (C=O) groups is 6. The summed E-state index contributed by atoms with van der Waals surface area (Å²) in [6, 6.07) is 22.9. The van der Waals surface area contributed by atoms with Crippen molar-refractivity contribution < 1.29 is 96.0 Å². The van der Waals surface area contributed by atoms with Gasteiger partial charge < -0.3 is 34.9 Å². The first-order chi connectivity index (χ1) is 40.6. The number of aryl methyl sites for hydroxylation is 1. The molecule has 3 aliphatic rings. The van der Waals surface area contributed by atoms with E-state index >= 15 is 0 Å². The predicted molar refractivity (Wildman–Crippen MR) is 288 cm³/mol. The van der Waals surface area contributed by atoms with Crippen LogP contribution in [-0.2, 0) is 32.9 Å². The van der Waals surface area contributed by atoms with Crippen molar-refractivity contribution in [3.63, 3.8) is 0 Å². The van der Waals surface area contributed by atoms with Gasteiger partial charge in [-0.2, -0.15) is 39.5 Å². The Hall–Kier alpha value is -10.4. The van der Waals surface area contributed by atoms with E-state index in [0.29, 0.717) is 23.4 Å². The Balaban J connectivity index is 0.000000185. The van der Waals surface area contributed by atoms with Crippen molar-refractivity contribution in [2.45, 2.75) is 44.7 Å². The summed E-state index contributed by atoms with van der Waals surface area (Å²) in [5, 5.41) is 7.22. The third-order valence-corrected chi connectivity index (χ3v) is 11.9. The third kappa shape index (κ3) is 17.6. The second-order valence-corrected chi connectivity index (χ2v) is 18.3. The standard InChI is InChI=1S/C21H15F4NO4.C21H15F4NO3.C20H14F3NO3/c1-29-19-10-13(22)6-8-18(19)30-17-7-5-12(21(23,24)25)9-16(17)20(28)26-14-3-2-4-15(27)11-14;1-12-9-14(22)6-8-18(12)29-19-7-5-13(21(23,24)25)10-17(19)20(28)26-15-3-2-4-16(27)11-15;21-20(22,23)13-9-10-18(27-16-7-2-1-3-8-16)17(11-13)19(26)24-14-5-4-6-15(25)12-14/h2-3,5-11H,4H2,1H3,(H,26,28);2-3,5-11H,4H2,1H3,(H,26,28);1-5,7-12H,6H2,(H,24,26). The van der Waals surface area contributed by atoms with Crippen LogP contribution in [0.4, 0.5) is 48.3 Å². The number of ether oxygens (including phenoxy) is 4. The van der Waals surface area contributed by atoms with Crippen molar-refractivity contribution in [2.24, 2.45) is 0 Å². The molecule has 0 fully saturated rings. The summed E-state index contributed by atoms with van der Waals surface area (Å²) >= 11 is 0. The van der Waals surface area contributed by atoms with E-state index < -0.39 is 70.1 Å². The summed E-state index contributed by atoms with van der Waals surface area (Å²) in [5.41, 5.74) is -3.26. The third-order valence-electron chi connectivity index (χ3n) is 11.9. The number of benzene rings is 6. The van der Waals surface area contributed by atoms with Gasteiger partial charge in [0, 0.05) is 60.6 Å². The van der Waals surface area contributed by atoms with E-state index in [0.717, 1.165) is 60.7 Å². The summed E-state index contributed by atoms with van der Waals surface area (Å²) in [4.78, 5) is 72.3. The molecule has 86 heavy (non-hydrogen) atoms. The van der Waals surface area contributed by atoms with Crippen LogP contribution in [0.25, 0.3) is 0 Å². The number of halogens is 11. The SMILES string of the molecule is COc1cc(F)ccc1Oc1ccc(C(F)(F)F)cc1C(=O)NC1=CC(=O)CC=C1.Cc1cc(F)ccc1Oc1ccc(C(F)(F)F)cc1C(=O)NC1=CC(=O)CC=C1.O=C1C=C(NC(=O)c2cc(C(F)(F)F)ccc2Oc2ccccc2)C=CC1. The average Bonchev–Trinajstić information content (AvgIpc) is 2.97. The molecule has 0 heterocycles. The first kappa shape index (κ1) is 63.2. The molecule has 0 radical (unpaired) electrons. The number of para-hydroxylation sites is 1. The molecule has 0 unspecified atom stereocenters. The molecule has 444 valence electrons. The molecule has 0 saturated carbocycles. The lowest BCUT2D eigenvalue weighted by Gasteiger charge is -2.16. The van der Waals surface area contributed by atoms with Crippen LogP contribution in [0.5, 0.6) is 40.2 Å². The highest BCUT2D eigenvalue weighted by Crippen LogP contribution is 2.39. The molecule has 9 rings (SSSR count). The fourth-order valence-electron chi connectivity index (χ4n) is 7.80. The number of hydrogen-bond acceptors (Lipinski definition) is 10. The van der Waals surface area contributed by atoms with Gasteiger partial charge in [0.15, 0.2) is 28.8 Å². The van der Waals surface area contributed by atoms with Crippen LogP contribution >= 0.6 is 0 Å². The van der Waals surface area contributed by atoms with Crippen LogP contribution in [-0.4, -0.2) is 42.2 Å². The maximum Gasteiger partial charge on any atom is 0.416 e. The minimum absolute atomic E-state index is 0.000311. The minimum atomic E-state index is -4.69. The van der Waals surface area contributed by atoms with Gasteiger partial charge in [-0.05, 0) is 128 Å². The Morgan fingerprint density at radius 1 is 0.419 bits per heavy atom. The minimum Gasteiger partial charge on any atom is -0.493 e. The van der Waals surface area contributed by atoms with E-state index in [1.165, 1.54) is 73.9 Å². The number of amides is 3. The highest BCUT2D eigenvalue weighted by atomic mass is 19.4. The van der Waals surface area contributed by atoms with Crippen LogP contribution in [0.3, 0.4) is 0 Å². The lowest BCUT2D eigenvalue weighted by Crippen LogP contribution is -2.24. The fourth-order valence-corrected chi connectivity index (χ4v) is 7.80. The van der Waals surface area contributed by atoms with Crippen molar-refractivity contribution in [1.82, 2.24) is 16.0 Å². The Bertz CT molecular complexity index is 3810. The van der Waals surface area contributed by atoms with Crippen molar-refractivity contribution >= 4 is 35.1 Å². The molecule has 0 spiro atoms. The summed E-state index contributed by atoms with van der Waals surface area (Å²) in [6.45, 7) is 1.56. The molecular formula is C62H44F11N3O10. The second-order valence-electron chi connectivity index (χ2n) is 18.3. The Morgan fingerprint density at radius 2 is 0.767 bits per heavy atom. The van der Waals surface area contributed by atoms with Crippen LogP contribution in [0.15, 0.2) is 193 Å². The smallest absolute Gasteiger partial charge is 0.416 e. The van der Waals surface area contributed by atoms with E-state index in [1.54, 1.807) is 43.3 Å². The van der Waals surface area contributed by atoms with Crippen LogP contribution < -0.4 is 34.9 Å². The van der Waals surface area contributed by atoms with Crippen molar-refractivity contribution in [3.05, 3.63) is 244 Å². The van der Waals surface area contributed by atoms with Crippen molar-refractivity contribution in [2.75, 3.05) is 7.11 Å². The molecule has 3 amide bonds. The normalized spacial score (nSPS) is 13.8. The lowest BCUT2D eigenvalue weighted by atomic mass is 10.1. The van der Waals surface area contributed by atoms with E-state index in [-0.39, 0.29) is 99.3 Å². The zero-order valence-electron chi connectivity index (χ0n) is 44.6. The molecule has 3 aliphatic carbocycles. The van der Waals surface area contributed by atoms with Gasteiger partial charge in [-0.25, -0.2) is 8.78 Å². The maximum absolute atomic E-state index is 13.4. The number of ketones is 3. The molecule has 13 nitrogen and oxygen atoms in total. The van der Waals surface area contributed by atoms with Gasteiger partial charge in [0.2, 0.25) is 0 Å². The molecule has 6 aromatic rings. The molecule has 3 N–H and O–H groups in total. The average molecular weight is 1200 g/mol. The largest absolute Gasteiger partial charge is 0.493 e. The first-order valence-electron chi connectivity index (χ1n) is 25.1. The second kappa shape index (κ2) is 27.3. The highest BCUT2D eigenvalue weighted by Gasteiger charge is 2.35. The van der Waals surface area contributed by atoms with Gasteiger partial charge in [-0.15, -0.1) is 0 Å². The summed E-state index contributed by atoms with van der Waals surface area (Å²) < 4.78 is 166. The number of rotatable bonds is 13. The van der Waals surface area contributed by atoms with E-state index in [2.05, 4.69) is 16.0 Å². The molecule has 0 bridgehead atoms. The molecule has 0 aromatic heterocycles. The van der Waals surface area contributed by atoms with Crippen LogP contribution in [0.2, 0.25) is 0 Å². The lowest BCUT2D eigenvalue weighted by molar-refractivity contribution is -0.138. The summed E-state index contributed by atoms with van der Waals surface area (Å²) in [6.07, 6.45) is -0.735.